The molecule has 0 amide bonds. The van der Waals surface area contributed by atoms with Crippen molar-refractivity contribution < 1.29 is 19.0 Å². The number of aromatic nitrogens is 1. The van der Waals surface area contributed by atoms with Gasteiger partial charge < -0.3 is 19.0 Å². The molecule has 0 radical (unpaired) electrons. The maximum atomic E-state index is 9.16. The molecule has 3 aromatic rings. The predicted octanol–water partition coefficient (Wildman–Crippen LogP) is 3.00. The van der Waals surface area contributed by atoms with Gasteiger partial charge in [-0.3, -0.25) is 0 Å². The monoisotopic (exact) mass is 285 g/mol. The van der Waals surface area contributed by atoms with E-state index in [1.54, 1.807) is 20.3 Å². The molecule has 5 nitrogen and oxygen atoms in total. The van der Waals surface area contributed by atoms with Gasteiger partial charge >= 0.3 is 0 Å². The Morgan fingerprint density at radius 1 is 1.05 bits per heavy atom. The first-order chi connectivity index (χ1) is 10.2. The van der Waals surface area contributed by atoms with Gasteiger partial charge in [-0.15, -0.1) is 0 Å². The van der Waals surface area contributed by atoms with Crippen LogP contribution in [0.3, 0.4) is 0 Å². The van der Waals surface area contributed by atoms with Gasteiger partial charge in [-0.2, -0.15) is 0 Å². The molecule has 1 heterocycles. The Hall–Kier alpha value is -2.53. The summed E-state index contributed by atoms with van der Waals surface area (Å²) in [5.41, 5.74) is 2.99. The Balaban J connectivity index is 2.07. The highest BCUT2D eigenvalue weighted by molar-refractivity contribution is 5.77. The van der Waals surface area contributed by atoms with Crippen LogP contribution in [-0.4, -0.2) is 24.3 Å². The Bertz CT molecular complexity index is 779. The van der Waals surface area contributed by atoms with Gasteiger partial charge in [0.1, 0.15) is 5.52 Å². The number of fused-ring (bicyclic) bond motifs is 1. The molecule has 108 valence electrons. The second-order valence-corrected chi connectivity index (χ2v) is 4.55. The summed E-state index contributed by atoms with van der Waals surface area (Å²) in [6.07, 6.45) is 0. The van der Waals surface area contributed by atoms with Gasteiger partial charge in [0.05, 0.1) is 20.8 Å². The number of nitrogens with zero attached hydrogens (tertiary/aromatic N) is 1. The molecule has 5 heteroatoms. The molecule has 0 saturated heterocycles. The molecule has 21 heavy (non-hydrogen) atoms. The van der Waals surface area contributed by atoms with E-state index in [4.69, 9.17) is 19.0 Å². The summed E-state index contributed by atoms with van der Waals surface area (Å²) < 4.78 is 16.2. The molecule has 0 bridgehead atoms. The van der Waals surface area contributed by atoms with Crippen molar-refractivity contribution in [2.24, 2.45) is 0 Å². The predicted molar refractivity (Wildman–Crippen MR) is 78.5 cm³/mol. The first-order valence-electron chi connectivity index (χ1n) is 6.48. The minimum Gasteiger partial charge on any atom is -0.493 e. The first kappa shape index (κ1) is 13.5. The van der Waals surface area contributed by atoms with Crippen LogP contribution in [0.1, 0.15) is 5.56 Å². The minimum atomic E-state index is -0.0194. The van der Waals surface area contributed by atoms with Gasteiger partial charge in [0.15, 0.2) is 17.1 Å². The van der Waals surface area contributed by atoms with Gasteiger partial charge in [0.25, 0.3) is 0 Å². The van der Waals surface area contributed by atoms with E-state index >= 15 is 0 Å². The Morgan fingerprint density at radius 2 is 1.86 bits per heavy atom. The third-order valence-corrected chi connectivity index (χ3v) is 3.27. The Kier molecular flexibility index (Phi) is 3.50. The number of benzene rings is 2. The number of aliphatic hydroxyl groups excluding tert-OH is 1. The minimum absolute atomic E-state index is 0.0194. The molecule has 3 rings (SSSR count). The molecule has 1 aromatic heterocycles. The second-order valence-electron chi connectivity index (χ2n) is 4.55. The molecule has 0 aliphatic heterocycles. The summed E-state index contributed by atoms with van der Waals surface area (Å²) in [6.45, 7) is -0.0194. The van der Waals surface area contributed by atoms with E-state index in [0.717, 1.165) is 11.1 Å². The third-order valence-electron chi connectivity index (χ3n) is 3.27. The molecule has 2 aromatic carbocycles. The fourth-order valence-corrected chi connectivity index (χ4v) is 2.16. The topological polar surface area (TPSA) is 64.7 Å². The standard InChI is InChI=1S/C16H15NO4/c1-19-14-6-4-11(8-15(14)20-2)16-17-12-7-10(9-18)3-5-13(12)21-16/h3-8,18H,9H2,1-2H3. The summed E-state index contributed by atoms with van der Waals surface area (Å²) in [4.78, 5) is 4.45. The summed E-state index contributed by atoms with van der Waals surface area (Å²) >= 11 is 0. The van der Waals surface area contributed by atoms with Crippen molar-refractivity contribution in [3.05, 3.63) is 42.0 Å². The van der Waals surface area contributed by atoms with Gasteiger partial charge in [0.2, 0.25) is 5.89 Å². The summed E-state index contributed by atoms with van der Waals surface area (Å²) in [7, 11) is 3.18. The SMILES string of the molecule is COc1ccc(-c2nc3cc(CO)ccc3o2)cc1OC. The number of aliphatic hydroxyl groups is 1. The quantitative estimate of drug-likeness (QED) is 0.798. The average molecular weight is 285 g/mol. The van der Waals surface area contributed by atoms with Gasteiger partial charge in [-0.25, -0.2) is 4.98 Å². The maximum Gasteiger partial charge on any atom is 0.227 e. The maximum absolute atomic E-state index is 9.16. The van der Waals surface area contributed by atoms with Crippen molar-refractivity contribution in [3.8, 4) is 23.0 Å². The van der Waals surface area contributed by atoms with E-state index in [0.29, 0.717) is 28.5 Å². The zero-order valence-corrected chi connectivity index (χ0v) is 11.8. The van der Waals surface area contributed by atoms with Crippen LogP contribution in [0.25, 0.3) is 22.6 Å². The van der Waals surface area contributed by atoms with Gasteiger partial charge in [-0.1, -0.05) is 6.07 Å². The smallest absolute Gasteiger partial charge is 0.227 e. The van der Waals surface area contributed by atoms with Crippen molar-refractivity contribution in [1.29, 1.82) is 0 Å². The molecule has 0 unspecified atom stereocenters. The van der Waals surface area contributed by atoms with Crippen LogP contribution in [0.15, 0.2) is 40.8 Å². The van der Waals surface area contributed by atoms with Crippen LogP contribution in [0.2, 0.25) is 0 Å². The normalized spacial score (nSPS) is 10.8. The fourth-order valence-electron chi connectivity index (χ4n) is 2.16. The van der Waals surface area contributed by atoms with Gasteiger partial charge in [-0.05, 0) is 35.9 Å². The third kappa shape index (κ3) is 2.43. The summed E-state index contributed by atoms with van der Waals surface area (Å²) in [5.74, 6) is 1.77. The molecule has 0 saturated carbocycles. The van der Waals surface area contributed by atoms with Crippen LogP contribution in [0, 0.1) is 0 Å². The second kappa shape index (κ2) is 5.46. The number of hydrogen-bond acceptors (Lipinski definition) is 5. The fraction of sp³-hybridized carbons (Fsp3) is 0.188. The molecule has 1 N–H and O–H groups in total. The zero-order chi connectivity index (χ0) is 14.8. The molecular weight excluding hydrogens is 270 g/mol. The van der Waals surface area contributed by atoms with Crippen molar-refractivity contribution in [2.45, 2.75) is 6.61 Å². The van der Waals surface area contributed by atoms with E-state index in [-0.39, 0.29) is 6.61 Å². The number of rotatable bonds is 4. The number of oxazole rings is 1. The molecule has 0 fully saturated rings. The lowest BCUT2D eigenvalue weighted by Gasteiger charge is -2.07. The number of hydrogen-bond donors (Lipinski definition) is 1. The molecular formula is C16H15NO4. The lowest BCUT2D eigenvalue weighted by Crippen LogP contribution is -1.90. The van der Waals surface area contributed by atoms with Crippen molar-refractivity contribution in [3.63, 3.8) is 0 Å². The molecule has 0 atom stereocenters. The molecule has 0 aliphatic carbocycles. The Labute approximate surface area is 121 Å². The van der Waals surface area contributed by atoms with E-state index in [2.05, 4.69) is 4.98 Å². The highest BCUT2D eigenvalue weighted by Crippen LogP contribution is 2.33. The highest BCUT2D eigenvalue weighted by atomic mass is 16.5. The van der Waals surface area contributed by atoms with Crippen molar-refractivity contribution >= 4 is 11.1 Å². The largest absolute Gasteiger partial charge is 0.493 e. The van der Waals surface area contributed by atoms with Crippen LogP contribution in [0.4, 0.5) is 0 Å². The van der Waals surface area contributed by atoms with Crippen LogP contribution < -0.4 is 9.47 Å². The lowest BCUT2D eigenvalue weighted by atomic mass is 10.2. The van der Waals surface area contributed by atoms with Crippen molar-refractivity contribution in [2.75, 3.05) is 14.2 Å². The Morgan fingerprint density at radius 3 is 2.57 bits per heavy atom. The first-order valence-corrected chi connectivity index (χ1v) is 6.48. The lowest BCUT2D eigenvalue weighted by molar-refractivity contribution is 0.282. The van der Waals surface area contributed by atoms with E-state index < -0.39 is 0 Å². The van der Waals surface area contributed by atoms with Crippen LogP contribution >= 0.6 is 0 Å². The number of ether oxygens (including phenoxy) is 2. The van der Waals surface area contributed by atoms with Crippen LogP contribution in [-0.2, 0) is 6.61 Å². The zero-order valence-electron chi connectivity index (χ0n) is 11.8. The van der Waals surface area contributed by atoms with E-state index in [1.165, 1.54) is 0 Å². The number of methoxy groups -OCH3 is 2. The molecule has 0 spiro atoms. The molecule has 0 aliphatic rings. The van der Waals surface area contributed by atoms with E-state index in [9.17, 15) is 0 Å². The van der Waals surface area contributed by atoms with E-state index in [1.807, 2.05) is 30.3 Å². The van der Waals surface area contributed by atoms with Gasteiger partial charge in [0, 0.05) is 5.56 Å². The van der Waals surface area contributed by atoms with Crippen LogP contribution in [0.5, 0.6) is 11.5 Å². The van der Waals surface area contributed by atoms with Crippen molar-refractivity contribution in [1.82, 2.24) is 4.98 Å². The average Bonchev–Trinajstić information content (AvgIpc) is 2.96. The summed E-state index contributed by atoms with van der Waals surface area (Å²) in [6, 6.07) is 10.9. The highest BCUT2D eigenvalue weighted by Gasteiger charge is 2.12. The summed E-state index contributed by atoms with van der Waals surface area (Å²) in [5, 5.41) is 9.16.